The van der Waals surface area contributed by atoms with Crippen molar-refractivity contribution in [2.45, 2.75) is 24.9 Å². The molecule has 0 aliphatic carbocycles. The fourth-order valence-corrected chi connectivity index (χ4v) is 2.29. The molecular formula is C12H14BrNO2. The predicted octanol–water partition coefficient (Wildman–Crippen LogP) is 2.42. The lowest BCUT2D eigenvalue weighted by atomic mass is 10.1. The van der Waals surface area contributed by atoms with Crippen molar-refractivity contribution in [3.8, 4) is 0 Å². The first-order chi connectivity index (χ1) is 7.70. The van der Waals surface area contributed by atoms with E-state index in [0.717, 1.165) is 17.3 Å². The minimum Gasteiger partial charge on any atom is -0.468 e. The summed E-state index contributed by atoms with van der Waals surface area (Å²) >= 11 is 3.41. The maximum absolute atomic E-state index is 11.4. The van der Waals surface area contributed by atoms with Crippen LogP contribution in [0.5, 0.6) is 0 Å². The minimum atomic E-state index is -0.167. The van der Waals surface area contributed by atoms with Crippen LogP contribution in [0.4, 0.5) is 0 Å². The number of carbonyl (C=O) groups excluding carboxylic acids is 1. The van der Waals surface area contributed by atoms with Crippen molar-refractivity contribution in [2.75, 3.05) is 7.11 Å². The summed E-state index contributed by atoms with van der Waals surface area (Å²) in [6.07, 6.45) is 1.81. The second-order valence-electron chi connectivity index (χ2n) is 3.92. The fourth-order valence-electron chi connectivity index (χ4n) is 2.03. The third-order valence-corrected chi connectivity index (χ3v) is 3.43. The third kappa shape index (κ3) is 2.44. The normalized spacial score (nSPS) is 24.4. The third-order valence-electron chi connectivity index (χ3n) is 2.90. The van der Waals surface area contributed by atoms with Gasteiger partial charge in [-0.2, -0.15) is 0 Å². The molecular weight excluding hydrogens is 270 g/mol. The van der Waals surface area contributed by atoms with Crippen LogP contribution in [0, 0.1) is 0 Å². The van der Waals surface area contributed by atoms with Gasteiger partial charge in [0.05, 0.1) is 7.11 Å². The maximum atomic E-state index is 11.4. The van der Waals surface area contributed by atoms with Gasteiger partial charge in [0.1, 0.15) is 6.04 Å². The number of esters is 1. The monoisotopic (exact) mass is 283 g/mol. The molecule has 3 nitrogen and oxygen atoms in total. The molecule has 0 amide bonds. The Hall–Kier alpha value is -0.870. The van der Waals surface area contributed by atoms with E-state index in [2.05, 4.69) is 33.4 Å². The van der Waals surface area contributed by atoms with E-state index in [1.54, 1.807) is 0 Å². The fraction of sp³-hybridized carbons (Fsp3) is 0.417. The average molecular weight is 284 g/mol. The van der Waals surface area contributed by atoms with Gasteiger partial charge < -0.3 is 4.74 Å². The van der Waals surface area contributed by atoms with Crippen LogP contribution < -0.4 is 5.32 Å². The Morgan fingerprint density at radius 3 is 2.69 bits per heavy atom. The van der Waals surface area contributed by atoms with Crippen molar-refractivity contribution in [3.05, 3.63) is 34.3 Å². The van der Waals surface area contributed by atoms with Gasteiger partial charge in [0.2, 0.25) is 0 Å². The zero-order chi connectivity index (χ0) is 11.5. The van der Waals surface area contributed by atoms with Gasteiger partial charge in [-0.05, 0) is 30.5 Å². The van der Waals surface area contributed by atoms with Crippen molar-refractivity contribution in [1.82, 2.24) is 5.32 Å². The lowest BCUT2D eigenvalue weighted by Gasteiger charge is -2.13. The summed E-state index contributed by atoms with van der Waals surface area (Å²) < 4.78 is 5.80. The first-order valence-electron chi connectivity index (χ1n) is 5.30. The first kappa shape index (κ1) is 11.6. The molecule has 1 heterocycles. The molecule has 1 aromatic carbocycles. The number of hydrogen-bond acceptors (Lipinski definition) is 3. The van der Waals surface area contributed by atoms with Crippen LogP contribution in [-0.2, 0) is 9.53 Å². The van der Waals surface area contributed by atoms with Crippen molar-refractivity contribution >= 4 is 21.9 Å². The summed E-state index contributed by atoms with van der Waals surface area (Å²) in [4.78, 5) is 11.4. The van der Waals surface area contributed by atoms with Crippen LogP contribution in [0.2, 0.25) is 0 Å². The van der Waals surface area contributed by atoms with E-state index in [1.807, 2.05) is 12.1 Å². The SMILES string of the molecule is COC(=O)[C@@H]1CC[C@@H](c2ccc(Br)cc2)N1. The molecule has 0 unspecified atom stereocenters. The van der Waals surface area contributed by atoms with Crippen molar-refractivity contribution < 1.29 is 9.53 Å². The number of carbonyl (C=O) groups is 1. The van der Waals surface area contributed by atoms with Crippen molar-refractivity contribution in [2.24, 2.45) is 0 Å². The quantitative estimate of drug-likeness (QED) is 0.848. The lowest BCUT2D eigenvalue weighted by Crippen LogP contribution is -2.33. The molecule has 4 heteroatoms. The molecule has 1 saturated heterocycles. The molecule has 1 aromatic rings. The standard InChI is InChI=1S/C12H14BrNO2/c1-16-12(15)11-7-6-10(14-11)8-2-4-9(13)5-3-8/h2-5,10-11,14H,6-7H2,1H3/t10-,11-/m0/s1. The van der Waals surface area contributed by atoms with E-state index in [1.165, 1.54) is 12.7 Å². The summed E-state index contributed by atoms with van der Waals surface area (Å²) in [6, 6.07) is 8.28. The summed E-state index contributed by atoms with van der Waals surface area (Å²) in [5.41, 5.74) is 1.22. The van der Waals surface area contributed by atoms with E-state index < -0.39 is 0 Å². The molecule has 1 aliphatic rings. The smallest absolute Gasteiger partial charge is 0.322 e. The van der Waals surface area contributed by atoms with Crippen molar-refractivity contribution in [3.63, 3.8) is 0 Å². The number of nitrogens with one attached hydrogen (secondary N) is 1. The van der Waals surface area contributed by atoms with Gasteiger partial charge in [0.15, 0.2) is 0 Å². The highest BCUT2D eigenvalue weighted by Crippen LogP contribution is 2.27. The molecule has 1 N–H and O–H groups in total. The van der Waals surface area contributed by atoms with Crippen LogP contribution in [0.15, 0.2) is 28.7 Å². The minimum absolute atomic E-state index is 0.154. The largest absolute Gasteiger partial charge is 0.468 e. The van der Waals surface area contributed by atoms with Crippen LogP contribution in [0.1, 0.15) is 24.4 Å². The second-order valence-corrected chi connectivity index (χ2v) is 4.84. The number of rotatable bonds is 2. The molecule has 1 fully saturated rings. The molecule has 0 saturated carbocycles. The zero-order valence-electron chi connectivity index (χ0n) is 9.07. The highest BCUT2D eigenvalue weighted by atomic mass is 79.9. The van der Waals surface area contributed by atoms with Crippen LogP contribution >= 0.6 is 15.9 Å². The molecule has 16 heavy (non-hydrogen) atoms. The van der Waals surface area contributed by atoms with E-state index >= 15 is 0 Å². The Morgan fingerprint density at radius 2 is 2.06 bits per heavy atom. The Kier molecular flexibility index (Phi) is 3.61. The molecule has 0 aromatic heterocycles. The Bertz CT molecular complexity index is 377. The molecule has 1 aliphatic heterocycles. The Balaban J connectivity index is 2.03. The number of hydrogen-bond donors (Lipinski definition) is 1. The van der Waals surface area contributed by atoms with Gasteiger partial charge in [0, 0.05) is 10.5 Å². The first-order valence-corrected chi connectivity index (χ1v) is 6.09. The molecule has 86 valence electrons. The highest BCUT2D eigenvalue weighted by molar-refractivity contribution is 9.10. The second kappa shape index (κ2) is 4.97. The van der Waals surface area contributed by atoms with Gasteiger partial charge >= 0.3 is 5.97 Å². The topological polar surface area (TPSA) is 38.3 Å². The van der Waals surface area contributed by atoms with E-state index in [-0.39, 0.29) is 18.1 Å². The summed E-state index contributed by atoms with van der Waals surface area (Å²) in [6.45, 7) is 0. The summed E-state index contributed by atoms with van der Waals surface area (Å²) in [5, 5.41) is 3.29. The predicted molar refractivity (Wildman–Crippen MR) is 65.1 cm³/mol. The molecule has 0 spiro atoms. The van der Waals surface area contributed by atoms with Gasteiger partial charge in [-0.25, -0.2) is 0 Å². The summed E-state index contributed by atoms with van der Waals surface area (Å²) in [5.74, 6) is -0.167. The molecule has 0 bridgehead atoms. The number of halogens is 1. The number of ether oxygens (including phenoxy) is 1. The van der Waals surface area contributed by atoms with E-state index in [9.17, 15) is 4.79 Å². The van der Waals surface area contributed by atoms with Crippen LogP contribution in [0.25, 0.3) is 0 Å². The molecule has 2 rings (SSSR count). The Labute approximate surface area is 103 Å². The number of methoxy groups -OCH3 is 1. The van der Waals surface area contributed by atoms with Crippen molar-refractivity contribution in [1.29, 1.82) is 0 Å². The Morgan fingerprint density at radius 1 is 1.38 bits per heavy atom. The van der Waals surface area contributed by atoms with Gasteiger partial charge in [-0.3, -0.25) is 10.1 Å². The highest BCUT2D eigenvalue weighted by Gasteiger charge is 2.30. The van der Waals surface area contributed by atoms with Crippen LogP contribution in [0.3, 0.4) is 0 Å². The average Bonchev–Trinajstić information content (AvgIpc) is 2.78. The van der Waals surface area contributed by atoms with Gasteiger partial charge in [-0.1, -0.05) is 28.1 Å². The zero-order valence-corrected chi connectivity index (χ0v) is 10.7. The molecule has 2 atom stereocenters. The van der Waals surface area contributed by atoms with Gasteiger partial charge in [0.25, 0.3) is 0 Å². The summed E-state index contributed by atoms with van der Waals surface area (Å²) in [7, 11) is 1.43. The maximum Gasteiger partial charge on any atom is 0.322 e. The van der Waals surface area contributed by atoms with E-state index in [4.69, 9.17) is 4.74 Å². The van der Waals surface area contributed by atoms with E-state index in [0.29, 0.717) is 0 Å². The molecule has 0 radical (unpaired) electrons. The van der Waals surface area contributed by atoms with Gasteiger partial charge in [-0.15, -0.1) is 0 Å². The van der Waals surface area contributed by atoms with Crippen LogP contribution in [-0.4, -0.2) is 19.1 Å². The lowest BCUT2D eigenvalue weighted by molar-refractivity contribution is -0.142. The number of benzene rings is 1.